The summed E-state index contributed by atoms with van der Waals surface area (Å²) in [5, 5.41) is 13.1. The fraction of sp³-hybridized carbons (Fsp3) is 0.700. The van der Waals surface area contributed by atoms with Crippen molar-refractivity contribution >= 4 is 11.8 Å². The number of hydrogen-bond acceptors (Lipinski definition) is 4. The number of aliphatic hydroxyl groups excluding tert-OH is 1. The van der Waals surface area contributed by atoms with Crippen LogP contribution in [0.4, 0.5) is 0 Å². The number of aliphatic hydroxyl groups is 1. The molecule has 0 aromatic carbocycles. The molecule has 1 N–H and O–H groups in total. The van der Waals surface area contributed by atoms with Gasteiger partial charge in [0.25, 0.3) is 0 Å². The third-order valence-electron chi connectivity index (χ3n) is 2.23. The monoisotopic (exact) mass is 215 g/mol. The predicted octanol–water partition coefficient (Wildman–Crippen LogP) is 2.30. The lowest BCUT2D eigenvalue weighted by atomic mass is 10.2. The summed E-state index contributed by atoms with van der Waals surface area (Å²) in [5.74, 6) is 1.83. The third-order valence-corrected chi connectivity index (χ3v) is 3.49. The highest BCUT2D eigenvalue weighted by atomic mass is 32.2. The van der Waals surface area contributed by atoms with Crippen LogP contribution in [0.2, 0.25) is 0 Å². The zero-order chi connectivity index (χ0) is 10.6. The fourth-order valence-corrected chi connectivity index (χ4v) is 2.33. The second-order valence-electron chi connectivity index (χ2n) is 3.44. The molecule has 0 saturated carbocycles. The molecule has 1 aromatic rings. The Morgan fingerprint density at radius 2 is 2.21 bits per heavy atom. The summed E-state index contributed by atoms with van der Waals surface area (Å²) >= 11 is 1.83. The minimum atomic E-state index is 0.260. The van der Waals surface area contributed by atoms with E-state index < -0.39 is 0 Å². The fourth-order valence-electron chi connectivity index (χ4n) is 1.20. The van der Waals surface area contributed by atoms with Crippen LogP contribution in [0.15, 0.2) is 4.52 Å². The van der Waals surface area contributed by atoms with Gasteiger partial charge in [0.1, 0.15) is 5.76 Å². The maximum Gasteiger partial charge on any atom is 0.137 e. The Balaban J connectivity index is 2.45. The van der Waals surface area contributed by atoms with E-state index in [0.717, 1.165) is 23.6 Å². The molecule has 1 heterocycles. The maximum absolute atomic E-state index is 8.76. The molecule has 0 aliphatic heterocycles. The molecule has 0 saturated heterocycles. The van der Waals surface area contributed by atoms with Gasteiger partial charge in [-0.05, 0) is 20.3 Å². The van der Waals surface area contributed by atoms with Crippen molar-refractivity contribution in [1.29, 1.82) is 0 Å². The van der Waals surface area contributed by atoms with E-state index in [-0.39, 0.29) is 6.61 Å². The van der Waals surface area contributed by atoms with Crippen molar-refractivity contribution in [3.05, 3.63) is 17.0 Å². The SMILES string of the molecule is Cc1noc(C)c1CSC(C)CCO. The highest BCUT2D eigenvalue weighted by Crippen LogP contribution is 2.23. The Morgan fingerprint density at radius 3 is 2.71 bits per heavy atom. The van der Waals surface area contributed by atoms with Crippen LogP contribution in [0.5, 0.6) is 0 Å². The van der Waals surface area contributed by atoms with Gasteiger partial charge in [0.2, 0.25) is 0 Å². The number of aromatic nitrogens is 1. The first-order chi connectivity index (χ1) is 6.65. The van der Waals surface area contributed by atoms with Crippen molar-refractivity contribution < 1.29 is 9.63 Å². The minimum Gasteiger partial charge on any atom is -0.396 e. The summed E-state index contributed by atoms with van der Waals surface area (Å²) in [6.07, 6.45) is 0.841. The van der Waals surface area contributed by atoms with Gasteiger partial charge in [-0.1, -0.05) is 12.1 Å². The lowest BCUT2D eigenvalue weighted by molar-refractivity contribution is 0.289. The van der Waals surface area contributed by atoms with Crippen molar-refractivity contribution in [2.45, 2.75) is 38.2 Å². The van der Waals surface area contributed by atoms with E-state index in [1.54, 1.807) is 0 Å². The highest BCUT2D eigenvalue weighted by molar-refractivity contribution is 7.99. The van der Waals surface area contributed by atoms with Crippen molar-refractivity contribution in [3.63, 3.8) is 0 Å². The summed E-state index contributed by atoms with van der Waals surface area (Å²) in [6.45, 7) is 6.28. The van der Waals surface area contributed by atoms with Gasteiger partial charge < -0.3 is 9.63 Å². The quantitative estimate of drug-likeness (QED) is 0.818. The number of hydrogen-bond donors (Lipinski definition) is 1. The first-order valence-corrected chi connectivity index (χ1v) is 5.84. The Bertz CT molecular complexity index is 266. The smallest absolute Gasteiger partial charge is 0.137 e. The molecule has 3 nitrogen and oxygen atoms in total. The molecule has 1 rings (SSSR count). The van der Waals surface area contributed by atoms with Crippen molar-refractivity contribution in [3.8, 4) is 0 Å². The Kier molecular flexibility index (Phi) is 4.48. The van der Waals surface area contributed by atoms with Crippen LogP contribution < -0.4 is 0 Å². The Labute approximate surface area is 88.9 Å². The lowest BCUT2D eigenvalue weighted by Gasteiger charge is -2.08. The van der Waals surface area contributed by atoms with Crippen LogP contribution >= 0.6 is 11.8 Å². The van der Waals surface area contributed by atoms with Gasteiger partial charge in [-0.2, -0.15) is 11.8 Å². The molecule has 0 amide bonds. The standard InChI is InChI=1S/C10H17NO2S/c1-7(4-5-12)14-6-10-8(2)11-13-9(10)3/h7,12H,4-6H2,1-3H3. The first kappa shape index (κ1) is 11.6. The van der Waals surface area contributed by atoms with Crippen molar-refractivity contribution in [2.75, 3.05) is 6.61 Å². The summed E-state index contributed by atoms with van der Waals surface area (Å²) < 4.78 is 5.07. The molecule has 14 heavy (non-hydrogen) atoms. The average Bonchev–Trinajstić information content (AvgIpc) is 2.44. The van der Waals surface area contributed by atoms with Crippen LogP contribution in [-0.2, 0) is 5.75 Å². The highest BCUT2D eigenvalue weighted by Gasteiger charge is 2.10. The number of aryl methyl sites for hydroxylation is 2. The van der Waals surface area contributed by atoms with E-state index in [0.29, 0.717) is 5.25 Å². The molecule has 4 heteroatoms. The van der Waals surface area contributed by atoms with Crippen LogP contribution in [0.3, 0.4) is 0 Å². The van der Waals surface area contributed by atoms with E-state index in [1.807, 2.05) is 25.6 Å². The Hall–Kier alpha value is -0.480. The van der Waals surface area contributed by atoms with Gasteiger partial charge >= 0.3 is 0 Å². The van der Waals surface area contributed by atoms with E-state index >= 15 is 0 Å². The van der Waals surface area contributed by atoms with Crippen molar-refractivity contribution in [2.24, 2.45) is 0 Å². The van der Waals surface area contributed by atoms with Crippen LogP contribution in [0, 0.1) is 13.8 Å². The summed E-state index contributed by atoms with van der Waals surface area (Å²) in [6, 6.07) is 0. The molecule has 0 spiro atoms. The molecule has 0 aliphatic rings. The van der Waals surface area contributed by atoms with Crippen molar-refractivity contribution in [1.82, 2.24) is 5.16 Å². The zero-order valence-corrected chi connectivity index (χ0v) is 9.73. The van der Waals surface area contributed by atoms with E-state index in [4.69, 9.17) is 9.63 Å². The van der Waals surface area contributed by atoms with E-state index in [2.05, 4.69) is 12.1 Å². The molecule has 0 bridgehead atoms. The van der Waals surface area contributed by atoms with Gasteiger partial charge in [-0.3, -0.25) is 0 Å². The first-order valence-electron chi connectivity index (χ1n) is 4.79. The van der Waals surface area contributed by atoms with Gasteiger partial charge in [0, 0.05) is 23.2 Å². The second kappa shape index (κ2) is 5.41. The third kappa shape index (κ3) is 3.03. The molecular weight excluding hydrogens is 198 g/mol. The molecule has 80 valence electrons. The largest absolute Gasteiger partial charge is 0.396 e. The topological polar surface area (TPSA) is 46.3 Å². The van der Waals surface area contributed by atoms with E-state index in [1.165, 1.54) is 5.56 Å². The second-order valence-corrected chi connectivity index (χ2v) is 4.86. The van der Waals surface area contributed by atoms with Gasteiger partial charge in [-0.15, -0.1) is 0 Å². The van der Waals surface area contributed by atoms with Gasteiger partial charge in [0.15, 0.2) is 0 Å². The molecule has 0 aliphatic carbocycles. The van der Waals surface area contributed by atoms with Crippen LogP contribution in [0.1, 0.15) is 30.4 Å². The van der Waals surface area contributed by atoms with Gasteiger partial charge in [-0.25, -0.2) is 0 Å². The number of thioether (sulfide) groups is 1. The molecule has 1 unspecified atom stereocenters. The Morgan fingerprint density at radius 1 is 1.50 bits per heavy atom. The lowest BCUT2D eigenvalue weighted by Crippen LogP contribution is -2.00. The number of rotatable bonds is 5. The summed E-state index contributed by atoms with van der Waals surface area (Å²) in [4.78, 5) is 0. The molecule has 1 atom stereocenters. The minimum absolute atomic E-state index is 0.260. The molecule has 1 aromatic heterocycles. The average molecular weight is 215 g/mol. The predicted molar refractivity (Wildman–Crippen MR) is 58.4 cm³/mol. The van der Waals surface area contributed by atoms with Crippen LogP contribution in [0.25, 0.3) is 0 Å². The summed E-state index contributed by atoms with van der Waals surface area (Å²) in [7, 11) is 0. The molecular formula is C10H17NO2S. The normalized spacial score (nSPS) is 13.1. The van der Waals surface area contributed by atoms with Gasteiger partial charge in [0.05, 0.1) is 5.69 Å². The van der Waals surface area contributed by atoms with E-state index in [9.17, 15) is 0 Å². The zero-order valence-electron chi connectivity index (χ0n) is 8.91. The maximum atomic E-state index is 8.76. The summed E-state index contributed by atoms with van der Waals surface area (Å²) in [5.41, 5.74) is 2.17. The number of nitrogens with zero attached hydrogens (tertiary/aromatic N) is 1. The molecule has 0 radical (unpaired) electrons. The molecule has 0 fully saturated rings. The van der Waals surface area contributed by atoms with Crippen LogP contribution in [-0.4, -0.2) is 22.1 Å².